The Morgan fingerprint density at radius 3 is 2.70 bits per heavy atom. The molecule has 0 fully saturated rings. The second kappa shape index (κ2) is 7.09. The fraction of sp³-hybridized carbons (Fsp3) is 0.571. The average molecular weight is 280 g/mol. The van der Waals surface area contributed by atoms with Crippen molar-refractivity contribution in [2.75, 3.05) is 31.4 Å². The van der Waals surface area contributed by atoms with Crippen molar-refractivity contribution in [3.63, 3.8) is 0 Å². The van der Waals surface area contributed by atoms with E-state index in [1.54, 1.807) is 6.20 Å². The summed E-state index contributed by atoms with van der Waals surface area (Å²) in [6, 6.07) is 1.26. The molecule has 1 aromatic heterocycles. The van der Waals surface area contributed by atoms with Gasteiger partial charge < -0.3 is 20.7 Å². The van der Waals surface area contributed by atoms with E-state index in [0.29, 0.717) is 11.6 Å². The summed E-state index contributed by atoms with van der Waals surface area (Å²) < 4.78 is 5.21. The molecular weight excluding hydrogens is 256 g/mol. The summed E-state index contributed by atoms with van der Waals surface area (Å²) in [5, 5.41) is 2.83. The fourth-order valence-corrected chi connectivity index (χ4v) is 1.80. The van der Waals surface area contributed by atoms with E-state index < -0.39 is 6.04 Å². The third kappa shape index (κ3) is 3.60. The third-order valence-corrected chi connectivity index (χ3v) is 3.38. The Kier molecular flexibility index (Phi) is 5.76. The normalized spacial score (nSPS) is 13.5. The Morgan fingerprint density at radius 1 is 1.55 bits per heavy atom. The molecule has 1 amide bonds. The van der Waals surface area contributed by atoms with E-state index in [1.165, 1.54) is 7.11 Å². The first-order chi connectivity index (χ1) is 9.42. The largest absolute Gasteiger partial charge is 0.479 e. The van der Waals surface area contributed by atoms with Crippen LogP contribution in [-0.2, 0) is 4.79 Å². The maximum atomic E-state index is 12.2. The van der Waals surface area contributed by atoms with Gasteiger partial charge in [0.15, 0.2) is 0 Å². The average Bonchev–Trinajstić information content (AvgIpc) is 2.45. The summed E-state index contributed by atoms with van der Waals surface area (Å²) in [4.78, 5) is 18.2. The first kappa shape index (κ1) is 16.2. The number of methoxy groups -OCH3 is 1. The van der Waals surface area contributed by atoms with Crippen LogP contribution >= 0.6 is 0 Å². The van der Waals surface area contributed by atoms with Crippen LogP contribution in [0.1, 0.15) is 20.3 Å². The van der Waals surface area contributed by atoms with Gasteiger partial charge in [-0.05, 0) is 12.0 Å². The van der Waals surface area contributed by atoms with E-state index in [1.807, 2.05) is 38.9 Å². The quantitative estimate of drug-likeness (QED) is 0.824. The van der Waals surface area contributed by atoms with E-state index in [9.17, 15) is 4.79 Å². The number of nitrogens with two attached hydrogens (primary N) is 1. The number of rotatable bonds is 6. The highest BCUT2D eigenvalue weighted by molar-refractivity contribution is 5.99. The molecule has 1 aromatic rings. The van der Waals surface area contributed by atoms with Gasteiger partial charge in [-0.25, -0.2) is 4.98 Å². The smallest absolute Gasteiger partial charge is 0.241 e. The van der Waals surface area contributed by atoms with Crippen LogP contribution in [0.5, 0.6) is 5.88 Å². The van der Waals surface area contributed by atoms with Crippen molar-refractivity contribution in [3.8, 4) is 5.88 Å². The highest BCUT2D eigenvalue weighted by Gasteiger charge is 2.22. The lowest BCUT2D eigenvalue weighted by molar-refractivity contribution is -0.118. The van der Waals surface area contributed by atoms with Crippen LogP contribution < -0.4 is 20.7 Å². The zero-order valence-corrected chi connectivity index (χ0v) is 12.8. The molecule has 0 aliphatic carbocycles. The van der Waals surface area contributed by atoms with Gasteiger partial charge in [0.05, 0.1) is 18.8 Å². The Bertz CT molecular complexity index is 462. The minimum absolute atomic E-state index is 0.112. The SMILES string of the molecule is CC[C@H](C)[C@H](N)C(=O)Nc1c(N(C)C)ccnc1OC. The molecule has 0 radical (unpaired) electrons. The van der Waals surface area contributed by atoms with Crippen molar-refractivity contribution in [1.29, 1.82) is 0 Å². The highest BCUT2D eigenvalue weighted by Crippen LogP contribution is 2.32. The van der Waals surface area contributed by atoms with Gasteiger partial charge >= 0.3 is 0 Å². The standard InChI is InChI=1S/C14H24N4O2/c1-6-9(2)11(15)13(19)17-12-10(18(3)4)7-8-16-14(12)20-5/h7-9,11H,6,15H2,1-5H3,(H,17,19)/t9-,11-/m0/s1. The number of nitrogens with one attached hydrogen (secondary N) is 1. The minimum atomic E-state index is -0.556. The number of pyridine rings is 1. The molecule has 3 N–H and O–H groups in total. The molecule has 0 unspecified atom stereocenters. The summed E-state index contributed by atoms with van der Waals surface area (Å²) >= 11 is 0. The fourth-order valence-electron chi connectivity index (χ4n) is 1.80. The topological polar surface area (TPSA) is 80.5 Å². The molecule has 1 heterocycles. The van der Waals surface area contributed by atoms with Crippen molar-refractivity contribution in [3.05, 3.63) is 12.3 Å². The highest BCUT2D eigenvalue weighted by atomic mass is 16.5. The van der Waals surface area contributed by atoms with Gasteiger partial charge in [-0.3, -0.25) is 4.79 Å². The third-order valence-electron chi connectivity index (χ3n) is 3.38. The molecule has 0 aliphatic rings. The van der Waals surface area contributed by atoms with Crippen LogP contribution in [0.25, 0.3) is 0 Å². The Hall–Kier alpha value is -1.82. The van der Waals surface area contributed by atoms with Crippen LogP contribution in [0.4, 0.5) is 11.4 Å². The molecule has 112 valence electrons. The molecule has 6 heteroatoms. The molecule has 0 bridgehead atoms. The van der Waals surface area contributed by atoms with Crippen molar-refractivity contribution in [2.24, 2.45) is 11.7 Å². The van der Waals surface area contributed by atoms with Crippen LogP contribution in [0.3, 0.4) is 0 Å². The molecule has 0 aliphatic heterocycles. The maximum absolute atomic E-state index is 12.2. The molecular formula is C14H24N4O2. The molecule has 2 atom stereocenters. The molecule has 0 saturated carbocycles. The lowest BCUT2D eigenvalue weighted by atomic mass is 9.99. The van der Waals surface area contributed by atoms with Crippen molar-refractivity contribution in [2.45, 2.75) is 26.3 Å². The predicted octanol–water partition coefficient (Wildman–Crippen LogP) is 1.47. The summed E-state index contributed by atoms with van der Waals surface area (Å²) in [7, 11) is 5.30. The zero-order chi connectivity index (χ0) is 15.3. The summed E-state index contributed by atoms with van der Waals surface area (Å²) in [6.07, 6.45) is 2.48. The first-order valence-electron chi connectivity index (χ1n) is 6.69. The van der Waals surface area contributed by atoms with E-state index >= 15 is 0 Å². The zero-order valence-electron chi connectivity index (χ0n) is 12.8. The van der Waals surface area contributed by atoms with Crippen LogP contribution in [0.2, 0.25) is 0 Å². The molecule has 20 heavy (non-hydrogen) atoms. The summed E-state index contributed by atoms with van der Waals surface area (Å²) in [5.41, 5.74) is 7.32. The van der Waals surface area contributed by atoms with Gasteiger partial charge in [0.1, 0.15) is 5.69 Å². The minimum Gasteiger partial charge on any atom is -0.479 e. The second-order valence-electron chi connectivity index (χ2n) is 5.01. The van der Waals surface area contributed by atoms with Gasteiger partial charge in [0, 0.05) is 20.3 Å². The lowest BCUT2D eigenvalue weighted by Crippen LogP contribution is -2.41. The van der Waals surface area contributed by atoms with E-state index in [0.717, 1.165) is 12.1 Å². The molecule has 1 rings (SSSR count). The van der Waals surface area contributed by atoms with Gasteiger partial charge in [-0.1, -0.05) is 20.3 Å². The Morgan fingerprint density at radius 2 is 2.20 bits per heavy atom. The van der Waals surface area contributed by atoms with Gasteiger partial charge in [-0.15, -0.1) is 0 Å². The van der Waals surface area contributed by atoms with Crippen molar-refractivity contribution < 1.29 is 9.53 Å². The summed E-state index contributed by atoms with van der Waals surface area (Å²) in [6.45, 7) is 3.96. The predicted molar refractivity (Wildman–Crippen MR) is 81.2 cm³/mol. The van der Waals surface area contributed by atoms with Gasteiger partial charge in [0.2, 0.25) is 11.8 Å². The van der Waals surface area contributed by atoms with Crippen molar-refractivity contribution in [1.82, 2.24) is 4.98 Å². The Labute approximate surface area is 120 Å². The number of nitrogens with zero attached hydrogens (tertiary/aromatic N) is 2. The van der Waals surface area contributed by atoms with Crippen LogP contribution in [-0.4, -0.2) is 38.1 Å². The van der Waals surface area contributed by atoms with E-state index in [2.05, 4.69) is 10.3 Å². The number of ether oxygens (including phenoxy) is 1. The number of hydrogen-bond donors (Lipinski definition) is 2. The first-order valence-corrected chi connectivity index (χ1v) is 6.69. The second-order valence-corrected chi connectivity index (χ2v) is 5.01. The van der Waals surface area contributed by atoms with E-state index in [4.69, 9.17) is 10.5 Å². The number of anilines is 2. The number of amides is 1. The number of aromatic nitrogens is 1. The van der Waals surface area contributed by atoms with Crippen LogP contribution in [0.15, 0.2) is 12.3 Å². The monoisotopic (exact) mass is 280 g/mol. The van der Waals surface area contributed by atoms with E-state index in [-0.39, 0.29) is 11.8 Å². The summed E-state index contributed by atoms with van der Waals surface area (Å²) in [5.74, 6) is 0.259. The van der Waals surface area contributed by atoms with Gasteiger partial charge in [0.25, 0.3) is 0 Å². The van der Waals surface area contributed by atoms with Crippen LogP contribution in [0, 0.1) is 5.92 Å². The van der Waals surface area contributed by atoms with Gasteiger partial charge in [-0.2, -0.15) is 0 Å². The Balaban J connectivity index is 3.04. The molecule has 0 aromatic carbocycles. The number of carbonyl (C=O) groups is 1. The molecule has 0 saturated heterocycles. The molecule has 6 nitrogen and oxygen atoms in total. The lowest BCUT2D eigenvalue weighted by Gasteiger charge is -2.22. The maximum Gasteiger partial charge on any atom is 0.241 e. The molecule has 0 spiro atoms. The number of carbonyl (C=O) groups excluding carboxylic acids is 1. The van der Waals surface area contributed by atoms with Crippen molar-refractivity contribution >= 4 is 17.3 Å². The number of hydrogen-bond acceptors (Lipinski definition) is 5.